The van der Waals surface area contributed by atoms with Gasteiger partial charge in [0.05, 0.1) is 12.7 Å². The molecule has 38 heavy (non-hydrogen) atoms. The van der Waals surface area contributed by atoms with Gasteiger partial charge in [-0.15, -0.1) is 0 Å². The monoisotopic (exact) mass is 551 g/mol. The minimum Gasteiger partial charge on any atom is -0.462 e. The van der Waals surface area contributed by atoms with Gasteiger partial charge in [-0.25, -0.2) is 19.5 Å². The van der Waals surface area contributed by atoms with Gasteiger partial charge in [0.15, 0.2) is 23.2 Å². The summed E-state index contributed by atoms with van der Waals surface area (Å²) < 4.78 is 37.1. The van der Waals surface area contributed by atoms with Crippen molar-refractivity contribution in [3.8, 4) is 5.75 Å². The minimum atomic E-state index is -4.23. The molecule has 16 heteroatoms. The predicted octanol–water partition coefficient (Wildman–Crippen LogP) is 0.743. The zero-order chi connectivity index (χ0) is 27.6. The van der Waals surface area contributed by atoms with Crippen molar-refractivity contribution in [3.05, 3.63) is 36.7 Å². The number of aliphatic hydroxyl groups excluding tert-OH is 2. The third kappa shape index (κ3) is 5.88. The number of nitrogen functional groups attached to an aromatic ring is 2. The Balaban J connectivity index is 1.53. The first kappa shape index (κ1) is 27.7. The van der Waals surface area contributed by atoms with E-state index in [4.69, 9.17) is 30.0 Å². The second kappa shape index (κ2) is 11.2. The Bertz CT molecular complexity index is 1320. The first-order valence-corrected chi connectivity index (χ1v) is 13.3. The highest BCUT2D eigenvalue weighted by molar-refractivity contribution is 7.52. The molecule has 1 unspecified atom stereocenters. The van der Waals surface area contributed by atoms with Crippen molar-refractivity contribution in [2.45, 2.75) is 57.5 Å². The number of aliphatic hydroxyl groups is 2. The Hall–Kier alpha value is -3.33. The molecule has 6 atom stereocenters. The van der Waals surface area contributed by atoms with Gasteiger partial charge < -0.3 is 35.7 Å². The van der Waals surface area contributed by atoms with Gasteiger partial charge in [-0.2, -0.15) is 5.09 Å². The first-order valence-electron chi connectivity index (χ1n) is 11.7. The van der Waals surface area contributed by atoms with Gasteiger partial charge in [0.25, 0.3) is 0 Å². The molecular formula is C22H30N7O8P. The summed E-state index contributed by atoms with van der Waals surface area (Å²) >= 11 is 0. The summed E-state index contributed by atoms with van der Waals surface area (Å²) in [5.74, 6) is -0.476. The maximum atomic E-state index is 13.7. The summed E-state index contributed by atoms with van der Waals surface area (Å²) in [4.78, 5) is 24.4. The van der Waals surface area contributed by atoms with Crippen LogP contribution in [0.5, 0.6) is 5.75 Å². The molecule has 1 aliphatic rings. The zero-order valence-corrected chi connectivity index (χ0v) is 21.8. The van der Waals surface area contributed by atoms with E-state index in [2.05, 4.69) is 20.0 Å². The third-order valence-electron chi connectivity index (χ3n) is 5.56. The number of nitrogens with one attached hydrogen (secondary N) is 1. The number of ether oxygens (including phenoxy) is 2. The zero-order valence-electron chi connectivity index (χ0n) is 20.9. The number of anilines is 2. The van der Waals surface area contributed by atoms with Crippen LogP contribution < -0.4 is 21.1 Å². The second-order valence-electron chi connectivity index (χ2n) is 8.85. The normalized spacial score (nSPS) is 23.8. The Morgan fingerprint density at radius 1 is 1.18 bits per heavy atom. The maximum Gasteiger partial charge on any atom is 0.459 e. The van der Waals surface area contributed by atoms with Gasteiger partial charge in [0.2, 0.25) is 5.95 Å². The molecular weight excluding hydrogens is 521 g/mol. The Morgan fingerprint density at radius 2 is 1.89 bits per heavy atom. The molecule has 0 amide bonds. The maximum absolute atomic E-state index is 13.7. The molecule has 1 saturated heterocycles. The number of hydrogen-bond donors (Lipinski definition) is 5. The smallest absolute Gasteiger partial charge is 0.459 e. The fourth-order valence-electron chi connectivity index (χ4n) is 3.78. The van der Waals surface area contributed by atoms with Crippen LogP contribution in [0, 0.1) is 0 Å². The van der Waals surface area contributed by atoms with E-state index in [1.165, 1.54) is 17.8 Å². The molecule has 0 saturated carbocycles. The molecule has 7 N–H and O–H groups in total. The number of imidazole rings is 1. The van der Waals surface area contributed by atoms with Crippen LogP contribution in [0.15, 0.2) is 36.7 Å². The number of esters is 1. The topological polar surface area (TPSA) is 219 Å². The van der Waals surface area contributed by atoms with Crippen molar-refractivity contribution in [2.24, 2.45) is 0 Å². The van der Waals surface area contributed by atoms with E-state index in [0.717, 1.165) is 0 Å². The third-order valence-corrected chi connectivity index (χ3v) is 7.20. The quantitative estimate of drug-likeness (QED) is 0.173. The molecule has 3 aromatic rings. The van der Waals surface area contributed by atoms with E-state index in [-0.39, 0.29) is 28.7 Å². The number of hydrogen-bond acceptors (Lipinski definition) is 13. The molecule has 1 aliphatic heterocycles. The van der Waals surface area contributed by atoms with E-state index < -0.39 is 57.0 Å². The molecule has 0 spiro atoms. The van der Waals surface area contributed by atoms with E-state index in [1.54, 1.807) is 44.2 Å². The highest BCUT2D eigenvalue weighted by Crippen LogP contribution is 2.46. The summed E-state index contributed by atoms with van der Waals surface area (Å²) in [6.07, 6.45) is -4.57. The van der Waals surface area contributed by atoms with Crippen LogP contribution in [0.4, 0.5) is 11.8 Å². The summed E-state index contributed by atoms with van der Waals surface area (Å²) in [6, 6.07) is 7.10. The molecule has 4 rings (SSSR count). The molecule has 2 aromatic heterocycles. The fourth-order valence-corrected chi connectivity index (χ4v) is 5.28. The van der Waals surface area contributed by atoms with Gasteiger partial charge in [0.1, 0.15) is 36.4 Å². The molecule has 3 heterocycles. The first-order chi connectivity index (χ1) is 18.0. The van der Waals surface area contributed by atoms with Gasteiger partial charge in [-0.3, -0.25) is 13.9 Å². The standard InChI is InChI=1S/C22H30N7O8P/c1-11(2)35-21(32)12(3)28-38(33,37-13-7-5-4-6-8-13)34-9-14-16(30)17(31)20(36-14)29-19-15(27-22(29)24)18(23)25-10-26-19/h4-8,10-12,14,16-17,20,30-31H,9H2,1-3H3,(H2,24,27)(H,28,33)(H2,23,25,26)/t12-,14-,16-,17-,20+,38?/m1/s1. The number of nitrogens with zero attached hydrogens (tertiary/aromatic N) is 4. The Morgan fingerprint density at radius 3 is 2.58 bits per heavy atom. The number of para-hydroxylation sites is 1. The predicted molar refractivity (Wildman–Crippen MR) is 135 cm³/mol. The van der Waals surface area contributed by atoms with Gasteiger partial charge in [0, 0.05) is 0 Å². The lowest BCUT2D eigenvalue weighted by molar-refractivity contribution is -0.149. The van der Waals surface area contributed by atoms with Crippen LogP contribution >= 0.6 is 7.75 Å². The van der Waals surface area contributed by atoms with Crippen molar-refractivity contribution in [1.29, 1.82) is 0 Å². The number of aromatic nitrogens is 4. The Labute approximate surface area is 217 Å². The number of benzene rings is 1. The summed E-state index contributed by atoms with van der Waals surface area (Å²) in [7, 11) is -4.23. The number of rotatable bonds is 10. The second-order valence-corrected chi connectivity index (χ2v) is 10.5. The summed E-state index contributed by atoms with van der Waals surface area (Å²) in [6.45, 7) is 4.30. The fraction of sp³-hybridized carbons (Fsp3) is 0.455. The van der Waals surface area contributed by atoms with Gasteiger partial charge in [-0.05, 0) is 32.9 Å². The average molecular weight is 551 g/mol. The van der Waals surface area contributed by atoms with Crippen LogP contribution in [0.2, 0.25) is 0 Å². The van der Waals surface area contributed by atoms with Crippen LogP contribution in [0.3, 0.4) is 0 Å². The van der Waals surface area contributed by atoms with Gasteiger partial charge >= 0.3 is 13.7 Å². The van der Waals surface area contributed by atoms with Crippen molar-refractivity contribution in [1.82, 2.24) is 24.6 Å². The van der Waals surface area contributed by atoms with Crippen molar-refractivity contribution in [3.63, 3.8) is 0 Å². The van der Waals surface area contributed by atoms with Crippen LogP contribution in [0.25, 0.3) is 11.2 Å². The number of carbonyl (C=O) groups is 1. The summed E-state index contributed by atoms with van der Waals surface area (Å²) in [5.41, 5.74) is 12.2. The SMILES string of the molecule is CC(C)OC(=O)[C@@H](C)NP(=O)(OC[C@H]1O[C@H](n2c(N)nc3c(N)ncnc32)[C@H](O)[C@@H]1O)Oc1ccccc1. The van der Waals surface area contributed by atoms with E-state index >= 15 is 0 Å². The highest BCUT2D eigenvalue weighted by Gasteiger charge is 2.46. The molecule has 1 aromatic carbocycles. The summed E-state index contributed by atoms with van der Waals surface area (Å²) in [5, 5.41) is 24.0. The lowest BCUT2D eigenvalue weighted by atomic mass is 10.1. The largest absolute Gasteiger partial charge is 0.462 e. The lowest BCUT2D eigenvalue weighted by Gasteiger charge is -2.25. The van der Waals surface area contributed by atoms with E-state index in [9.17, 15) is 19.6 Å². The molecule has 0 radical (unpaired) electrons. The van der Waals surface area contributed by atoms with E-state index in [1.807, 2.05) is 0 Å². The average Bonchev–Trinajstić information content (AvgIpc) is 3.34. The molecule has 15 nitrogen and oxygen atoms in total. The van der Waals surface area contributed by atoms with Crippen molar-refractivity contribution >= 4 is 36.6 Å². The number of carbonyl (C=O) groups excluding carboxylic acids is 1. The molecule has 0 bridgehead atoms. The van der Waals surface area contributed by atoms with Crippen molar-refractivity contribution in [2.75, 3.05) is 18.1 Å². The molecule has 1 fully saturated rings. The van der Waals surface area contributed by atoms with Crippen LogP contribution in [0.1, 0.15) is 27.0 Å². The minimum absolute atomic E-state index is 0.0727. The number of nitrogens with two attached hydrogens (primary N) is 2. The van der Waals surface area contributed by atoms with Crippen LogP contribution in [-0.2, 0) is 23.4 Å². The van der Waals surface area contributed by atoms with Crippen molar-refractivity contribution < 1.29 is 38.1 Å². The molecule has 0 aliphatic carbocycles. The lowest BCUT2D eigenvalue weighted by Crippen LogP contribution is -2.38. The highest BCUT2D eigenvalue weighted by atomic mass is 31.2. The van der Waals surface area contributed by atoms with Crippen LogP contribution in [-0.4, -0.2) is 72.8 Å². The Kier molecular flexibility index (Phi) is 8.16. The molecule has 206 valence electrons. The number of fused-ring (bicyclic) bond motifs is 1. The van der Waals surface area contributed by atoms with Gasteiger partial charge in [-0.1, -0.05) is 18.2 Å². The van der Waals surface area contributed by atoms with E-state index in [0.29, 0.717) is 0 Å².